The lowest BCUT2D eigenvalue weighted by Crippen LogP contribution is -2.30. The van der Waals surface area contributed by atoms with E-state index in [1.165, 1.54) is 11.4 Å². The van der Waals surface area contributed by atoms with Crippen LogP contribution in [0.25, 0.3) is 0 Å². The number of methoxy groups -OCH3 is 1. The first-order valence-electron chi connectivity index (χ1n) is 6.21. The van der Waals surface area contributed by atoms with Gasteiger partial charge in [0.1, 0.15) is 0 Å². The van der Waals surface area contributed by atoms with Crippen molar-refractivity contribution >= 4 is 10.0 Å². The molecule has 20 heavy (non-hydrogen) atoms. The summed E-state index contributed by atoms with van der Waals surface area (Å²) >= 11 is 0. The maximum absolute atomic E-state index is 12.0. The minimum absolute atomic E-state index is 0.0311. The van der Waals surface area contributed by atoms with E-state index in [1.54, 1.807) is 7.05 Å². The zero-order valence-electron chi connectivity index (χ0n) is 11.8. The van der Waals surface area contributed by atoms with Crippen molar-refractivity contribution in [2.24, 2.45) is 5.73 Å². The molecule has 0 aromatic heterocycles. The third-order valence-electron chi connectivity index (χ3n) is 2.76. The van der Waals surface area contributed by atoms with Gasteiger partial charge in [-0.05, 0) is 11.6 Å². The van der Waals surface area contributed by atoms with Crippen LogP contribution in [0.5, 0.6) is 0 Å². The fourth-order valence-corrected chi connectivity index (χ4v) is 2.63. The summed E-state index contributed by atoms with van der Waals surface area (Å²) < 4.78 is 30.1. The molecule has 0 aliphatic heterocycles. The lowest BCUT2D eigenvalue weighted by Gasteiger charge is -2.17. The molecule has 1 aromatic rings. The Labute approximate surface area is 120 Å². The second-order valence-corrected chi connectivity index (χ2v) is 6.42. The van der Waals surface area contributed by atoms with Crippen LogP contribution in [0.3, 0.4) is 0 Å². The van der Waals surface area contributed by atoms with E-state index in [0.717, 1.165) is 11.1 Å². The van der Waals surface area contributed by atoms with E-state index in [4.69, 9.17) is 10.5 Å². The number of rotatable bonds is 6. The molecule has 6 heteroatoms. The normalized spacial score (nSPS) is 11.2. The number of hydrogen-bond donors (Lipinski definition) is 1. The van der Waals surface area contributed by atoms with Gasteiger partial charge in [-0.15, -0.1) is 0 Å². The summed E-state index contributed by atoms with van der Waals surface area (Å²) in [6.07, 6.45) is 0. The molecule has 110 valence electrons. The Morgan fingerprint density at radius 3 is 2.70 bits per heavy atom. The summed E-state index contributed by atoms with van der Waals surface area (Å²) in [5.41, 5.74) is 7.01. The van der Waals surface area contributed by atoms with E-state index >= 15 is 0 Å². The summed E-state index contributed by atoms with van der Waals surface area (Å²) in [4.78, 5) is 0. The maximum atomic E-state index is 12.0. The molecule has 5 nitrogen and oxygen atoms in total. The third kappa shape index (κ3) is 4.94. The van der Waals surface area contributed by atoms with Crippen molar-refractivity contribution in [3.8, 4) is 11.8 Å². The highest BCUT2D eigenvalue weighted by Crippen LogP contribution is 2.12. The van der Waals surface area contributed by atoms with Crippen LogP contribution in [0, 0.1) is 11.8 Å². The first kappa shape index (κ1) is 16.7. The average molecular weight is 296 g/mol. The summed E-state index contributed by atoms with van der Waals surface area (Å²) in [5, 5.41) is 0. The molecule has 0 radical (unpaired) electrons. The molecule has 0 heterocycles. The van der Waals surface area contributed by atoms with E-state index in [1.807, 2.05) is 24.3 Å². The van der Waals surface area contributed by atoms with Crippen LogP contribution < -0.4 is 5.73 Å². The molecular formula is C14H20N2O3S. The largest absolute Gasteiger partial charge is 0.384 e. The monoisotopic (exact) mass is 296 g/mol. The molecule has 2 N–H and O–H groups in total. The smallest absolute Gasteiger partial charge is 0.216 e. The van der Waals surface area contributed by atoms with Crippen molar-refractivity contribution in [2.75, 3.05) is 33.1 Å². The Morgan fingerprint density at radius 1 is 1.35 bits per heavy atom. The van der Waals surface area contributed by atoms with Gasteiger partial charge in [0.25, 0.3) is 0 Å². The molecule has 0 bridgehead atoms. The van der Waals surface area contributed by atoms with Gasteiger partial charge < -0.3 is 10.5 Å². The standard InChI is InChI=1S/C14H20N2O3S/c1-16(20(17,18)11-10-19-2)12-14-7-4-3-6-13(14)8-5-9-15/h3-4,6-7H,9-12,15H2,1-2H3. The Morgan fingerprint density at radius 2 is 2.05 bits per heavy atom. The number of nitrogens with zero attached hydrogens (tertiary/aromatic N) is 1. The number of hydrogen-bond acceptors (Lipinski definition) is 4. The second-order valence-electron chi connectivity index (χ2n) is 4.23. The van der Waals surface area contributed by atoms with E-state index < -0.39 is 10.0 Å². The molecule has 0 atom stereocenters. The molecule has 0 saturated heterocycles. The van der Waals surface area contributed by atoms with Gasteiger partial charge >= 0.3 is 0 Å². The highest BCUT2D eigenvalue weighted by molar-refractivity contribution is 7.89. The van der Waals surface area contributed by atoms with Gasteiger partial charge in [-0.3, -0.25) is 0 Å². The molecule has 0 saturated carbocycles. The first-order chi connectivity index (χ1) is 9.51. The predicted octanol–water partition coefficient (Wildman–Crippen LogP) is 0.405. The Balaban J connectivity index is 2.88. The summed E-state index contributed by atoms with van der Waals surface area (Å²) in [5.74, 6) is 5.70. The van der Waals surface area contributed by atoms with Crippen LogP contribution in [0.15, 0.2) is 24.3 Å². The topological polar surface area (TPSA) is 72.6 Å². The average Bonchev–Trinajstić information content (AvgIpc) is 2.44. The summed E-state index contributed by atoms with van der Waals surface area (Å²) in [6, 6.07) is 7.44. The fraction of sp³-hybridized carbons (Fsp3) is 0.429. The van der Waals surface area contributed by atoms with Gasteiger partial charge in [0.05, 0.1) is 18.9 Å². The zero-order chi connectivity index (χ0) is 15.0. The van der Waals surface area contributed by atoms with Gasteiger partial charge in [0.2, 0.25) is 10.0 Å². The maximum Gasteiger partial charge on any atom is 0.216 e. The Bertz CT molecular complexity index is 588. The molecule has 1 rings (SSSR count). The van der Waals surface area contributed by atoms with E-state index in [-0.39, 0.29) is 25.4 Å². The summed E-state index contributed by atoms with van der Waals surface area (Å²) in [6.45, 7) is 0.735. The van der Waals surface area contributed by atoms with Crippen LogP contribution in [-0.2, 0) is 21.3 Å². The number of nitrogens with two attached hydrogens (primary N) is 1. The molecule has 0 aliphatic rings. The van der Waals surface area contributed by atoms with Crippen molar-refractivity contribution in [1.82, 2.24) is 4.31 Å². The molecule has 0 unspecified atom stereocenters. The molecule has 1 aromatic carbocycles. The third-order valence-corrected chi connectivity index (χ3v) is 4.52. The first-order valence-corrected chi connectivity index (χ1v) is 7.82. The quantitative estimate of drug-likeness (QED) is 0.772. The van der Waals surface area contributed by atoms with Crippen LogP contribution in [-0.4, -0.2) is 45.8 Å². The second kappa shape index (κ2) is 8.02. The van der Waals surface area contributed by atoms with Crippen molar-refractivity contribution < 1.29 is 13.2 Å². The van der Waals surface area contributed by atoms with Crippen LogP contribution >= 0.6 is 0 Å². The van der Waals surface area contributed by atoms with Gasteiger partial charge in [-0.1, -0.05) is 30.0 Å². The number of ether oxygens (including phenoxy) is 1. The van der Waals surface area contributed by atoms with Crippen LogP contribution in [0.2, 0.25) is 0 Å². The minimum atomic E-state index is -3.32. The Hall–Kier alpha value is -1.39. The van der Waals surface area contributed by atoms with Crippen LogP contribution in [0.4, 0.5) is 0 Å². The lowest BCUT2D eigenvalue weighted by molar-refractivity contribution is 0.215. The van der Waals surface area contributed by atoms with Crippen molar-refractivity contribution in [3.63, 3.8) is 0 Å². The van der Waals surface area contributed by atoms with Gasteiger partial charge in [-0.25, -0.2) is 12.7 Å². The zero-order valence-corrected chi connectivity index (χ0v) is 12.6. The number of sulfonamides is 1. The SMILES string of the molecule is COCCS(=O)(=O)N(C)Cc1ccccc1C#CCN. The molecular weight excluding hydrogens is 276 g/mol. The van der Waals surface area contributed by atoms with Gasteiger partial charge in [-0.2, -0.15) is 0 Å². The molecule has 0 aliphatic carbocycles. The van der Waals surface area contributed by atoms with E-state index in [0.29, 0.717) is 0 Å². The summed E-state index contributed by atoms with van der Waals surface area (Å²) in [7, 11) is -0.289. The van der Waals surface area contributed by atoms with Gasteiger partial charge in [0, 0.05) is 26.3 Å². The van der Waals surface area contributed by atoms with E-state index in [2.05, 4.69) is 11.8 Å². The number of benzene rings is 1. The highest BCUT2D eigenvalue weighted by atomic mass is 32.2. The van der Waals surface area contributed by atoms with Crippen molar-refractivity contribution in [1.29, 1.82) is 0 Å². The molecule has 0 amide bonds. The van der Waals surface area contributed by atoms with Gasteiger partial charge in [0.15, 0.2) is 0 Å². The highest BCUT2D eigenvalue weighted by Gasteiger charge is 2.18. The minimum Gasteiger partial charge on any atom is -0.384 e. The van der Waals surface area contributed by atoms with Crippen molar-refractivity contribution in [3.05, 3.63) is 35.4 Å². The van der Waals surface area contributed by atoms with Crippen molar-refractivity contribution in [2.45, 2.75) is 6.54 Å². The fourth-order valence-electron chi connectivity index (χ4n) is 1.61. The lowest BCUT2D eigenvalue weighted by atomic mass is 10.1. The predicted molar refractivity (Wildman–Crippen MR) is 79.5 cm³/mol. The molecule has 0 spiro atoms. The van der Waals surface area contributed by atoms with E-state index in [9.17, 15) is 8.42 Å². The Kier molecular flexibility index (Phi) is 6.68. The molecule has 0 fully saturated rings. The van der Waals surface area contributed by atoms with Crippen LogP contribution in [0.1, 0.15) is 11.1 Å².